The number of ether oxygens (including phenoxy) is 1. The van der Waals surface area contributed by atoms with Crippen LogP contribution >= 0.6 is 0 Å². The number of benzene rings is 1. The highest BCUT2D eigenvalue weighted by Crippen LogP contribution is 2.20. The lowest BCUT2D eigenvalue weighted by Gasteiger charge is -2.11. The van der Waals surface area contributed by atoms with Crippen LogP contribution < -0.4 is 10.6 Å². The number of rotatable bonds is 7. The molecule has 0 saturated heterocycles. The third kappa shape index (κ3) is 4.22. The van der Waals surface area contributed by atoms with Crippen LogP contribution in [0, 0.1) is 0 Å². The summed E-state index contributed by atoms with van der Waals surface area (Å²) in [6.45, 7) is 3.63. The zero-order valence-electron chi connectivity index (χ0n) is 13.0. The summed E-state index contributed by atoms with van der Waals surface area (Å²) >= 11 is 0. The molecule has 3 N–H and O–H groups in total. The maximum absolute atomic E-state index is 11.8. The number of amides is 2. The van der Waals surface area contributed by atoms with E-state index in [0.717, 1.165) is 23.1 Å². The summed E-state index contributed by atoms with van der Waals surface area (Å²) in [7, 11) is 1.53. The largest absolute Gasteiger partial charge is 0.391 e. The van der Waals surface area contributed by atoms with Gasteiger partial charge < -0.3 is 25.0 Å². The van der Waals surface area contributed by atoms with Crippen LogP contribution in [0.15, 0.2) is 30.5 Å². The average molecular weight is 305 g/mol. The highest BCUT2D eigenvalue weighted by molar-refractivity contribution is 5.92. The predicted molar refractivity (Wildman–Crippen MR) is 87.1 cm³/mol. The molecule has 2 rings (SSSR count). The molecule has 0 bridgehead atoms. The van der Waals surface area contributed by atoms with E-state index in [1.165, 1.54) is 7.11 Å². The van der Waals surface area contributed by atoms with E-state index >= 15 is 0 Å². The summed E-state index contributed by atoms with van der Waals surface area (Å²) in [6, 6.07) is 7.60. The van der Waals surface area contributed by atoms with E-state index in [4.69, 9.17) is 4.74 Å². The van der Waals surface area contributed by atoms with Gasteiger partial charge in [0.25, 0.3) is 0 Å². The second-order valence-electron chi connectivity index (χ2n) is 5.15. The van der Waals surface area contributed by atoms with Gasteiger partial charge in [-0.25, -0.2) is 4.79 Å². The molecular weight excluding hydrogens is 282 g/mol. The van der Waals surface area contributed by atoms with Gasteiger partial charge in [0.2, 0.25) is 0 Å². The summed E-state index contributed by atoms with van der Waals surface area (Å²) in [5.74, 6) is 0. The number of aryl methyl sites for hydroxylation is 1. The second kappa shape index (κ2) is 7.82. The molecule has 1 heterocycles. The van der Waals surface area contributed by atoms with Gasteiger partial charge in [0.05, 0.1) is 18.2 Å². The zero-order chi connectivity index (χ0) is 15.9. The van der Waals surface area contributed by atoms with Gasteiger partial charge in [-0.3, -0.25) is 0 Å². The molecule has 120 valence electrons. The predicted octanol–water partition coefficient (Wildman–Crippen LogP) is 2.18. The molecular formula is C16H23N3O3. The Balaban J connectivity index is 1.88. The van der Waals surface area contributed by atoms with Crippen LogP contribution in [-0.2, 0) is 11.3 Å². The summed E-state index contributed by atoms with van der Waals surface area (Å²) < 4.78 is 6.96. The van der Waals surface area contributed by atoms with Gasteiger partial charge in [-0.05, 0) is 36.9 Å². The van der Waals surface area contributed by atoms with Crippen LogP contribution in [0.4, 0.5) is 10.5 Å². The molecule has 1 unspecified atom stereocenters. The minimum absolute atomic E-state index is 0.272. The molecule has 0 aliphatic rings. The first-order chi connectivity index (χ1) is 10.6. The first-order valence-electron chi connectivity index (χ1n) is 7.44. The third-order valence-electron chi connectivity index (χ3n) is 3.49. The van der Waals surface area contributed by atoms with Gasteiger partial charge in [-0.15, -0.1) is 0 Å². The fourth-order valence-electron chi connectivity index (χ4n) is 2.34. The van der Waals surface area contributed by atoms with Gasteiger partial charge in [0.15, 0.2) is 0 Å². The SMILES string of the molecule is CCn1ccc2ccc(NC(=O)NCCC(O)COC)cc21. The molecule has 2 amide bonds. The number of carbonyl (C=O) groups is 1. The normalized spacial score (nSPS) is 12.3. The number of fused-ring (bicyclic) bond motifs is 1. The van der Waals surface area contributed by atoms with Crippen LogP contribution in [0.5, 0.6) is 0 Å². The molecule has 22 heavy (non-hydrogen) atoms. The third-order valence-corrected chi connectivity index (χ3v) is 3.49. The van der Waals surface area contributed by atoms with E-state index in [-0.39, 0.29) is 12.6 Å². The molecule has 0 aliphatic carbocycles. The zero-order valence-corrected chi connectivity index (χ0v) is 13.0. The van der Waals surface area contributed by atoms with E-state index in [2.05, 4.69) is 28.2 Å². The molecule has 0 radical (unpaired) electrons. The minimum atomic E-state index is -0.561. The van der Waals surface area contributed by atoms with Crippen LogP contribution in [0.25, 0.3) is 10.9 Å². The lowest BCUT2D eigenvalue weighted by molar-refractivity contribution is 0.0599. The maximum Gasteiger partial charge on any atom is 0.319 e. The number of hydrogen-bond donors (Lipinski definition) is 3. The Morgan fingerprint density at radius 3 is 2.95 bits per heavy atom. The molecule has 0 fully saturated rings. The van der Waals surface area contributed by atoms with Gasteiger partial charge >= 0.3 is 6.03 Å². The molecule has 2 aromatic rings. The van der Waals surface area contributed by atoms with Crippen LogP contribution in [-0.4, -0.2) is 42.1 Å². The number of methoxy groups -OCH3 is 1. The summed E-state index contributed by atoms with van der Waals surface area (Å²) in [5.41, 5.74) is 1.84. The Kier molecular flexibility index (Phi) is 5.80. The fraction of sp³-hybridized carbons (Fsp3) is 0.438. The number of aliphatic hydroxyl groups is 1. The maximum atomic E-state index is 11.8. The summed E-state index contributed by atoms with van der Waals surface area (Å²) in [5, 5.41) is 16.2. The Morgan fingerprint density at radius 1 is 1.41 bits per heavy atom. The van der Waals surface area contributed by atoms with Crippen molar-refractivity contribution in [3.8, 4) is 0 Å². The van der Waals surface area contributed by atoms with Crippen LogP contribution in [0.3, 0.4) is 0 Å². The van der Waals surface area contributed by atoms with Crippen LogP contribution in [0.2, 0.25) is 0 Å². The standard InChI is InChI=1S/C16H23N3O3/c1-3-19-9-7-12-4-5-13(10-15(12)19)18-16(21)17-8-6-14(20)11-22-2/h4-5,7,9-10,14,20H,3,6,8,11H2,1-2H3,(H2,17,18,21). The molecule has 6 heteroatoms. The number of nitrogens with zero attached hydrogens (tertiary/aromatic N) is 1. The second-order valence-corrected chi connectivity index (χ2v) is 5.15. The number of nitrogens with one attached hydrogen (secondary N) is 2. The molecule has 0 saturated carbocycles. The Hall–Kier alpha value is -2.05. The number of urea groups is 1. The van der Waals surface area contributed by atoms with Crippen molar-refractivity contribution >= 4 is 22.6 Å². The van der Waals surface area contributed by atoms with E-state index < -0.39 is 6.10 Å². The molecule has 6 nitrogen and oxygen atoms in total. The Bertz CT molecular complexity index is 624. The van der Waals surface area contributed by atoms with Crippen molar-refractivity contribution in [2.45, 2.75) is 26.0 Å². The van der Waals surface area contributed by atoms with Crippen molar-refractivity contribution in [3.63, 3.8) is 0 Å². The lowest BCUT2D eigenvalue weighted by atomic mass is 10.2. The Morgan fingerprint density at radius 2 is 2.23 bits per heavy atom. The van der Waals surface area contributed by atoms with Gasteiger partial charge in [-0.2, -0.15) is 0 Å². The number of aromatic nitrogens is 1. The minimum Gasteiger partial charge on any atom is -0.391 e. The fourth-order valence-corrected chi connectivity index (χ4v) is 2.34. The smallest absolute Gasteiger partial charge is 0.319 e. The van der Waals surface area contributed by atoms with Crippen molar-refractivity contribution < 1.29 is 14.6 Å². The lowest BCUT2D eigenvalue weighted by Crippen LogP contribution is -2.32. The van der Waals surface area contributed by atoms with Crippen molar-refractivity contribution in [2.75, 3.05) is 25.6 Å². The van der Waals surface area contributed by atoms with Crippen molar-refractivity contribution in [1.82, 2.24) is 9.88 Å². The Labute approximate surface area is 130 Å². The molecule has 0 aliphatic heterocycles. The van der Waals surface area contributed by atoms with E-state index in [0.29, 0.717) is 13.0 Å². The molecule has 1 atom stereocenters. The molecule has 1 aromatic heterocycles. The van der Waals surface area contributed by atoms with Crippen molar-refractivity contribution in [1.29, 1.82) is 0 Å². The summed E-state index contributed by atoms with van der Waals surface area (Å²) in [6.07, 6.45) is 1.93. The van der Waals surface area contributed by atoms with Gasteiger partial charge in [0, 0.05) is 32.1 Å². The summed E-state index contributed by atoms with van der Waals surface area (Å²) in [4.78, 5) is 11.8. The first-order valence-corrected chi connectivity index (χ1v) is 7.44. The highest BCUT2D eigenvalue weighted by atomic mass is 16.5. The number of carbonyl (C=O) groups excluding carboxylic acids is 1. The number of anilines is 1. The van der Waals surface area contributed by atoms with E-state index in [9.17, 15) is 9.90 Å². The van der Waals surface area contributed by atoms with Crippen molar-refractivity contribution in [2.24, 2.45) is 0 Å². The quantitative estimate of drug-likeness (QED) is 0.734. The highest BCUT2D eigenvalue weighted by Gasteiger charge is 2.07. The number of aliphatic hydroxyl groups excluding tert-OH is 1. The molecule has 0 spiro atoms. The van der Waals surface area contributed by atoms with E-state index in [1.54, 1.807) is 0 Å². The molecule has 1 aromatic carbocycles. The van der Waals surface area contributed by atoms with E-state index in [1.807, 2.05) is 24.4 Å². The van der Waals surface area contributed by atoms with Crippen molar-refractivity contribution in [3.05, 3.63) is 30.5 Å². The number of hydrogen-bond acceptors (Lipinski definition) is 3. The van der Waals surface area contributed by atoms with Gasteiger partial charge in [-0.1, -0.05) is 6.07 Å². The van der Waals surface area contributed by atoms with Gasteiger partial charge in [0.1, 0.15) is 0 Å². The average Bonchev–Trinajstić information content (AvgIpc) is 2.89. The monoisotopic (exact) mass is 305 g/mol. The van der Waals surface area contributed by atoms with Crippen LogP contribution in [0.1, 0.15) is 13.3 Å². The topological polar surface area (TPSA) is 75.5 Å². The first kappa shape index (κ1) is 16.3.